The van der Waals surface area contributed by atoms with Gasteiger partial charge in [0.25, 0.3) is 0 Å². The van der Waals surface area contributed by atoms with Crippen LogP contribution in [0.25, 0.3) is 20.8 Å². The van der Waals surface area contributed by atoms with E-state index in [0.717, 1.165) is 33.6 Å². The molecular weight excluding hydrogens is 443 g/mol. The fourth-order valence-electron chi connectivity index (χ4n) is 4.02. The predicted octanol–water partition coefficient (Wildman–Crippen LogP) is 7.39. The van der Waals surface area contributed by atoms with Crippen LogP contribution in [0.3, 0.4) is 0 Å². The lowest BCUT2D eigenvalue weighted by atomic mass is 10.0. The zero-order chi connectivity index (χ0) is 25.9. The van der Waals surface area contributed by atoms with Crippen LogP contribution in [0.4, 0.5) is 20.6 Å². The molecule has 3 rings (SSSR count). The summed E-state index contributed by atoms with van der Waals surface area (Å²) in [4.78, 5) is 19.2. The summed E-state index contributed by atoms with van der Waals surface area (Å²) in [5, 5.41) is 2.57. The number of ether oxygens (including phenoxy) is 1. The lowest BCUT2D eigenvalue weighted by Crippen LogP contribution is -2.32. The molecule has 7 heteroatoms. The van der Waals surface area contributed by atoms with Gasteiger partial charge in [-0.15, -0.1) is 0 Å². The number of benzene rings is 2. The van der Waals surface area contributed by atoms with E-state index in [1.807, 2.05) is 43.5 Å². The molecule has 1 aromatic heterocycles. The summed E-state index contributed by atoms with van der Waals surface area (Å²) in [5.41, 5.74) is 5.89. The number of aryl methyl sites for hydroxylation is 1. The first kappa shape index (κ1) is 25.5. The van der Waals surface area contributed by atoms with Gasteiger partial charge < -0.3 is 14.6 Å². The topological polar surface area (TPSA) is 52.0 Å². The van der Waals surface area contributed by atoms with Crippen LogP contribution in [-0.4, -0.2) is 16.3 Å². The maximum atomic E-state index is 14.8. The number of hydrogen-bond donors (Lipinski definition) is 1. The monoisotopic (exact) mass is 472 g/mol. The summed E-state index contributed by atoms with van der Waals surface area (Å²) in [6.45, 7) is 26.5. The fraction of sp³-hybridized carbons (Fsp3) is 0.321. The van der Waals surface area contributed by atoms with E-state index in [0.29, 0.717) is 23.5 Å². The molecule has 35 heavy (non-hydrogen) atoms. The Hall–Kier alpha value is -4.10. The van der Waals surface area contributed by atoms with Gasteiger partial charge >= 0.3 is 6.09 Å². The highest BCUT2D eigenvalue weighted by Crippen LogP contribution is 2.40. The lowest BCUT2D eigenvalue weighted by molar-refractivity contribution is 0.0523. The van der Waals surface area contributed by atoms with E-state index in [-0.39, 0.29) is 6.54 Å². The van der Waals surface area contributed by atoms with Crippen molar-refractivity contribution in [3.8, 4) is 11.1 Å². The minimum atomic E-state index is -0.625. The Balaban J connectivity index is 1.86. The summed E-state index contributed by atoms with van der Waals surface area (Å²) in [7, 11) is 0. The minimum Gasteiger partial charge on any atom is -0.444 e. The second kappa shape index (κ2) is 10.0. The van der Waals surface area contributed by atoms with Crippen molar-refractivity contribution in [3.63, 3.8) is 0 Å². The zero-order valence-electron chi connectivity index (χ0n) is 20.9. The highest BCUT2D eigenvalue weighted by atomic mass is 19.1. The molecule has 180 valence electrons. The van der Waals surface area contributed by atoms with Crippen molar-refractivity contribution in [2.75, 3.05) is 0 Å². The fourth-order valence-corrected chi connectivity index (χ4v) is 4.02. The SMILES string of the molecule is [C-]#[N+]c1ccc(-c2c([N+]#[C-])c(C)n(Cc3ccc(CNC(=O)OC(C)(C)C)c(F)c3)c2C)cc1C. The van der Waals surface area contributed by atoms with E-state index >= 15 is 0 Å². The van der Waals surface area contributed by atoms with Crippen molar-refractivity contribution in [1.29, 1.82) is 0 Å². The molecule has 0 fully saturated rings. The molecule has 0 aliphatic carbocycles. The zero-order valence-corrected chi connectivity index (χ0v) is 20.9. The third-order valence-electron chi connectivity index (χ3n) is 5.75. The average molecular weight is 473 g/mol. The van der Waals surface area contributed by atoms with E-state index in [2.05, 4.69) is 15.0 Å². The molecule has 1 amide bonds. The third kappa shape index (κ3) is 5.70. The van der Waals surface area contributed by atoms with Gasteiger partial charge in [0, 0.05) is 35.6 Å². The standard InChI is InChI=1S/C28H29FN4O2/c1-17-13-21(11-12-24(17)30-7)25-18(2)33(19(3)26(25)31-8)16-20-9-10-22(23(29)14-20)15-32-27(34)35-28(4,5)6/h9-14H,15-16H2,1-6H3,(H,32,34). The molecule has 0 atom stereocenters. The highest BCUT2D eigenvalue weighted by molar-refractivity contribution is 5.84. The molecule has 3 aromatic rings. The molecule has 2 aromatic carbocycles. The number of halogens is 1. The van der Waals surface area contributed by atoms with Gasteiger partial charge in [-0.1, -0.05) is 30.3 Å². The first-order valence-electron chi connectivity index (χ1n) is 11.2. The summed E-state index contributed by atoms with van der Waals surface area (Å²) in [6, 6.07) is 10.5. The molecular formula is C28H29FN4O2. The molecule has 0 radical (unpaired) electrons. The Bertz CT molecular complexity index is 1370. The van der Waals surface area contributed by atoms with Crippen molar-refractivity contribution in [2.45, 2.75) is 60.2 Å². The number of nitrogens with zero attached hydrogens (tertiary/aromatic N) is 3. The number of amides is 1. The highest BCUT2D eigenvalue weighted by Gasteiger charge is 2.20. The van der Waals surface area contributed by atoms with Gasteiger partial charge in [-0.05, 0) is 64.3 Å². The summed E-state index contributed by atoms with van der Waals surface area (Å²) >= 11 is 0. The molecule has 0 aliphatic heterocycles. The molecule has 0 bridgehead atoms. The molecule has 0 aliphatic rings. The van der Waals surface area contributed by atoms with Crippen LogP contribution in [0, 0.1) is 39.7 Å². The first-order valence-corrected chi connectivity index (χ1v) is 11.2. The van der Waals surface area contributed by atoms with Crippen LogP contribution in [0.15, 0.2) is 36.4 Å². The van der Waals surface area contributed by atoms with Gasteiger partial charge in [-0.3, -0.25) is 0 Å². The molecule has 0 saturated heterocycles. The van der Waals surface area contributed by atoms with Crippen LogP contribution in [0.1, 0.15) is 48.8 Å². The summed E-state index contributed by atoms with van der Waals surface area (Å²) < 4.78 is 22.0. The largest absolute Gasteiger partial charge is 0.444 e. The van der Waals surface area contributed by atoms with E-state index in [1.165, 1.54) is 6.07 Å². The van der Waals surface area contributed by atoms with Gasteiger partial charge in [0.1, 0.15) is 11.4 Å². The van der Waals surface area contributed by atoms with Crippen molar-refractivity contribution in [2.24, 2.45) is 0 Å². The quantitative estimate of drug-likeness (QED) is 0.394. The number of rotatable bonds is 5. The molecule has 0 unspecified atom stereocenters. The number of nitrogens with one attached hydrogen (secondary N) is 1. The van der Waals surface area contributed by atoms with Gasteiger partial charge in [0.05, 0.1) is 13.1 Å². The van der Waals surface area contributed by atoms with Crippen LogP contribution in [0.5, 0.6) is 0 Å². The average Bonchev–Trinajstić information content (AvgIpc) is 3.01. The van der Waals surface area contributed by atoms with Crippen molar-refractivity contribution < 1.29 is 13.9 Å². The number of carbonyl (C=O) groups excluding carboxylic acids is 1. The van der Waals surface area contributed by atoms with Gasteiger partial charge in [-0.2, -0.15) is 0 Å². The molecule has 1 N–H and O–H groups in total. The smallest absolute Gasteiger partial charge is 0.407 e. The second-order valence-corrected chi connectivity index (χ2v) is 9.49. The normalized spacial score (nSPS) is 11.0. The Kier molecular flexibility index (Phi) is 7.31. The lowest BCUT2D eigenvalue weighted by Gasteiger charge is -2.19. The number of aromatic nitrogens is 1. The Morgan fingerprint density at radius 2 is 1.77 bits per heavy atom. The maximum Gasteiger partial charge on any atom is 0.407 e. The van der Waals surface area contributed by atoms with Gasteiger partial charge in [0.2, 0.25) is 5.69 Å². The Morgan fingerprint density at radius 3 is 2.34 bits per heavy atom. The minimum absolute atomic E-state index is 0.0224. The third-order valence-corrected chi connectivity index (χ3v) is 5.75. The summed E-state index contributed by atoms with van der Waals surface area (Å²) in [5.74, 6) is -0.419. The van der Waals surface area contributed by atoms with Gasteiger partial charge in [0.15, 0.2) is 5.69 Å². The van der Waals surface area contributed by atoms with Crippen molar-refractivity contribution in [1.82, 2.24) is 9.88 Å². The maximum absolute atomic E-state index is 14.8. The van der Waals surface area contributed by atoms with E-state index in [1.54, 1.807) is 32.9 Å². The van der Waals surface area contributed by atoms with E-state index in [4.69, 9.17) is 17.9 Å². The Morgan fingerprint density at radius 1 is 1.06 bits per heavy atom. The van der Waals surface area contributed by atoms with Crippen LogP contribution in [0.2, 0.25) is 0 Å². The van der Waals surface area contributed by atoms with Crippen molar-refractivity contribution in [3.05, 3.63) is 93.1 Å². The van der Waals surface area contributed by atoms with Crippen molar-refractivity contribution >= 4 is 17.5 Å². The number of carbonyl (C=O) groups is 1. The second-order valence-electron chi connectivity index (χ2n) is 9.49. The van der Waals surface area contributed by atoms with E-state index < -0.39 is 17.5 Å². The number of hydrogen-bond acceptors (Lipinski definition) is 2. The van der Waals surface area contributed by atoms with E-state index in [9.17, 15) is 9.18 Å². The van der Waals surface area contributed by atoms with Crippen LogP contribution in [-0.2, 0) is 17.8 Å². The molecule has 1 heterocycles. The molecule has 0 spiro atoms. The Labute approximate surface area is 206 Å². The van der Waals surface area contributed by atoms with Gasteiger partial charge in [-0.25, -0.2) is 18.9 Å². The first-order chi connectivity index (χ1) is 16.4. The van der Waals surface area contributed by atoms with Crippen LogP contribution < -0.4 is 5.32 Å². The molecule has 0 saturated carbocycles. The predicted molar refractivity (Wildman–Crippen MR) is 135 cm³/mol. The molecule has 6 nitrogen and oxygen atoms in total. The summed E-state index contributed by atoms with van der Waals surface area (Å²) in [6.07, 6.45) is -0.599. The number of alkyl carbamates (subject to hydrolysis) is 1. The van der Waals surface area contributed by atoms with Crippen LogP contribution >= 0.6 is 0 Å².